The van der Waals surface area contributed by atoms with Gasteiger partial charge in [-0.05, 0) is 47.5 Å². The van der Waals surface area contributed by atoms with Gasteiger partial charge in [0.15, 0.2) is 0 Å². The van der Waals surface area contributed by atoms with Gasteiger partial charge in [-0.3, -0.25) is 0 Å². The Morgan fingerprint density at radius 2 is 2.06 bits per heavy atom. The largest absolute Gasteiger partial charge is 0.508 e. The lowest BCUT2D eigenvalue weighted by Crippen LogP contribution is -1.78. The van der Waals surface area contributed by atoms with Gasteiger partial charge in [-0.2, -0.15) is 0 Å². The molecule has 0 amide bonds. The second-order valence-electron chi connectivity index (χ2n) is 3.72. The summed E-state index contributed by atoms with van der Waals surface area (Å²) in [6.07, 6.45) is 1.92. The number of aromatic nitrogens is 1. The van der Waals surface area contributed by atoms with Crippen LogP contribution in [0, 0.1) is 6.07 Å². The average Bonchev–Trinajstić information content (AvgIpc) is 2.76. The van der Waals surface area contributed by atoms with E-state index in [0.29, 0.717) is 0 Å². The minimum atomic E-state index is 0.241. The van der Waals surface area contributed by atoms with Gasteiger partial charge in [0, 0.05) is 17.1 Å². The van der Waals surface area contributed by atoms with Crippen molar-refractivity contribution in [1.29, 1.82) is 0 Å². The summed E-state index contributed by atoms with van der Waals surface area (Å²) in [6.45, 7) is 0. The van der Waals surface area contributed by atoms with Gasteiger partial charge in [0.05, 0.1) is 0 Å². The molecule has 0 aliphatic carbocycles. The quantitative estimate of drug-likeness (QED) is 0.632. The molecule has 0 saturated heterocycles. The molecule has 0 bridgehead atoms. The normalized spacial score (nSPS) is 10.8. The molecule has 0 aliphatic rings. The van der Waals surface area contributed by atoms with Crippen molar-refractivity contribution in [2.75, 3.05) is 0 Å². The van der Waals surface area contributed by atoms with Crippen LogP contribution in [-0.4, -0.2) is 10.1 Å². The van der Waals surface area contributed by atoms with E-state index in [1.165, 1.54) is 0 Å². The highest BCUT2D eigenvalue weighted by Crippen LogP contribution is 2.29. The zero-order valence-corrected chi connectivity index (χ0v) is 8.57. The summed E-state index contributed by atoms with van der Waals surface area (Å²) in [5.74, 6) is 0.241. The molecule has 3 rings (SSSR count). The number of fused-ring (bicyclic) bond motifs is 1. The highest BCUT2D eigenvalue weighted by atomic mass is 16.3. The van der Waals surface area contributed by atoms with Gasteiger partial charge in [-0.15, -0.1) is 0 Å². The molecule has 0 saturated carbocycles. The molecule has 16 heavy (non-hydrogen) atoms. The van der Waals surface area contributed by atoms with Gasteiger partial charge in [0.1, 0.15) is 5.75 Å². The molecule has 1 aromatic heterocycles. The van der Waals surface area contributed by atoms with Crippen LogP contribution in [0.2, 0.25) is 0 Å². The van der Waals surface area contributed by atoms with E-state index in [0.717, 1.165) is 22.0 Å². The maximum absolute atomic E-state index is 9.46. The van der Waals surface area contributed by atoms with Gasteiger partial charge in [-0.1, -0.05) is 12.1 Å². The molecule has 2 nitrogen and oxygen atoms in total. The molecular formula is C14H10NO. The summed E-state index contributed by atoms with van der Waals surface area (Å²) >= 11 is 0. The first-order valence-electron chi connectivity index (χ1n) is 5.11. The van der Waals surface area contributed by atoms with E-state index in [2.05, 4.69) is 11.1 Å². The molecule has 3 aromatic rings. The van der Waals surface area contributed by atoms with Crippen molar-refractivity contribution in [3.63, 3.8) is 0 Å². The monoisotopic (exact) mass is 208 g/mol. The zero-order valence-electron chi connectivity index (χ0n) is 8.57. The maximum atomic E-state index is 9.46. The third-order valence-electron chi connectivity index (χ3n) is 2.68. The third kappa shape index (κ3) is 1.36. The van der Waals surface area contributed by atoms with Crippen molar-refractivity contribution in [1.82, 2.24) is 4.98 Å². The average molecular weight is 208 g/mol. The Balaban J connectivity index is 2.29. The number of aromatic amines is 1. The number of hydrogen-bond acceptors (Lipinski definition) is 1. The predicted octanol–water partition coefficient (Wildman–Crippen LogP) is 3.34. The van der Waals surface area contributed by atoms with Crippen molar-refractivity contribution in [3.8, 4) is 16.9 Å². The smallest absolute Gasteiger partial charge is 0.116 e. The molecule has 1 heterocycles. The van der Waals surface area contributed by atoms with Crippen LogP contribution in [0.1, 0.15) is 0 Å². The van der Waals surface area contributed by atoms with Gasteiger partial charge in [0.25, 0.3) is 0 Å². The number of nitrogens with one attached hydrogen (secondary N) is 1. The Morgan fingerprint density at radius 1 is 1.12 bits per heavy atom. The van der Waals surface area contributed by atoms with Crippen LogP contribution in [0.4, 0.5) is 0 Å². The lowest BCUT2D eigenvalue weighted by molar-refractivity contribution is 0.475. The number of aromatic hydroxyl groups is 1. The van der Waals surface area contributed by atoms with E-state index in [4.69, 9.17) is 0 Å². The molecule has 1 radical (unpaired) electrons. The van der Waals surface area contributed by atoms with Crippen molar-refractivity contribution in [3.05, 3.63) is 54.7 Å². The summed E-state index contributed by atoms with van der Waals surface area (Å²) in [7, 11) is 0. The van der Waals surface area contributed by atoms with Crippen molar-refractivity contribution < 1.29 is 5.11 Å². The van der Waals surface area contributed by atoms with E-state index in [1.807, 2.05) is 36.5 Å². The molecule has 2 N–H and O–H groups in total. The minimum Gasteiger partial charge on any atom is -0.508 e. The van der Waals surface area contributed by atoms with Crippen LogP contribution in [0.15, 0.2) is 48.7 Å². The first kappa shape index (κ1) is 9.04. The number of phenols is 1. The van der Waals surface area contributed by atoms with Crippen LogP contribution >= 0.6 is 0 Å². The summed E-state index contributed by atoms with van der Waals surface area (Å²) < 4.78 is 0. The van der Waals surface area contributed by atoms with E-state index < -0.39 is 0 Å². The van der Waals surface area contributed by atoms with Gasteiger partial charge in [-0.25, -0.2) is 0 Å². The number of rotatable bonds is 1. The van der Waals surface area contributed by atoms with E-state index in [1.54, 1.807) is 12.1 Å². The summed E-state index contributed by atoms with van der Waals surface area (Å²) in [4.78, 5) is 3.17. The van der Waals surface area contributed by atoms with Gasteiger partial charge in [0.2, 0.25) is 0 Å². The molecule has 0 spiro atoms. The van der Waals surface area contributed by atoms with Crippen molar-refractivity contribution >= 4 is 10.9 Å². The minimum absolute atomic E-state index is 0.241. The van der Waals surface area contributed by atoms with E-state index >= 15 is 0 Å². The molecule has 0 aliphatic heterocycles. The fourth-order valence-electron chi connectivity index (χ4n) is 1.95. The van der Waals surface area contributed by atoms with Crippen LogP contribution in [-0.2, 0) is 0 Å². The van der Waals surface area contributed by atoms with Crippen molar-refractivity contribution in [2.24, 2.45) is 0 Å². The summed E-state index contributed by atoms with van der Waals surface area (Å²) in [6, 6.07) is 16.2. The van der Waals surface area contributed by atoms with Gasteiger partial charge < -0.3 is 10.1 Å². The molecule has 2 aromatic carbocycles. The Morgan fingerprint density at radius 3 is 2.94 bits per heavy atom. The maximum Gasteiger partial charge on any atom is 0.116 e. The Labute approximate surface area is 93.2 Å². The topological polar surface area (TPSA) is 36.0 Å². The van der Waals surface area contributed by atoms with E-state index in [9.17, 15) is 5.11 Å². The zero-order chi connectivity index (χ0) is 11.0. The third-order valence-corrected chi connectivity index (χ3v) is 2.68. The van der Waals surface area contributed by atoms with Crippen LogP contribution in [0.25, 0.3) is 22.0 Å². The van der Waals surface area contributed by atoms with Crippen LogP contribution in [0.5, 0.6) is 5.75 Å². The molecule has 0 fully saturated rings. The van der Waals surface area contributed by atoms with Gasteiger partial charge >= 0.3 is 0 Å². The van der Waals surface area contributed by atoms with Crippen LogP contribution < -0.4 is 0 Å². The standard InChI is InChI=1S/C14H10NO/c16-11-4-1-3-10(9-11)12-5-2-6-14-13(12)7-8-15-14/h2-9,15-16H. The first-order chi connectivity index (χ1) is 7.84. The fourth-order valence-corrected chi connectivity index (χ4v) is 1.95. The Hall–Kier alpha value is -2.22. The first-order valence-corrected chi connectivity index (χ1v) is 5.11. The molecular weight excluding hydrogens is 198 g/mol. The predicted molar refractivity (Wildman–Crippen MR) is 64.2 cm³/mol. The lowest BCUT2D eigenvalue weighted by atomic mass is 10.0. The lowest BCUT2D eigenvalue weighted by Gasteiger charge is -2.03. The highest BCUT2D eigenvalue weighted by molar-refractivity contribution is 5.95. The number of hydrogen-bond donors (Lipinski definition) is 2. The highest BCUT2D eigenvalue weighted by Gasteiger charge is 2.04. The number of phenolic OH excluding ortho intramolecular Hbond substituents is 1. The number of H-pyrrole nitrogens is 1. The number of benzene rings is 2. The van der Waals surface area contributed by atoms with Crippen LogP contribution in [0.3, 0.4) is 0 Å². The second kappa shape index (κ2) is 3.42. The molecule has 0 unspecified atom stereocenters. The Kier molecular flexibility index (Phi) is 1.93. The molecule has 77 valence electrons. The summed E-state index contributed by atoms with van der Waals surface area (Å²) in [5.41, 5.74) is 3.18. The molecule has 2 heteroatoms. The van der Waals surface area contributed by atoms with Crippen molar-refractivity contribution in [2.45, 2.75) is 0 Å². The SMILES string of the molecule is Oc1c[c]cc(-c2cccc3[nH]ccc23)c1. The van der Waals surface area contributed by atoms with E-state index in [-0.39, 0.29) is 5.75 Å². The molecule has 0 atom stereocenters. The Bertz CT molecular complexity index is 640. The fraction of sp³-hybridized carbons (Fsp3) is 0. The second-order valence-corrected chi connectivity index (χ2v) is 3.72. The summed E-state index contributed by atoms with van der Waals surface area (Å²) in [5, 5.41) is 10.6.